The fourth-order valence-corrected chi connectivity index (χ4v) is 1.57. The van der Waals surface area contributed by atoms with Gasteiger partial charge in [-0.2, -0.15) is 5.10 Å². The molecule has 2 aromatic rings. The first-order valence-electron chi connectivity index (χ1n) is 5.89. The monoisotopic (exact) mass is 258 g/mol. The molecule has 5 heteroatoms. The lowest BCUT2D eigenvalue weighted by Crippen LogP contribution is -2.12. The molecule has 0 saturated heterocycles. The third kappa shape index (κ3) is 3.77. The van der Waals surface area contributed by atoms with Crippen LogP contribution in [0.2, 0.25) is 0 Å². The number of carbonyl (C=O) groups is 2. The van der Waals surface area contributed by atoms with E-state index in [9.17, 15) is 9.59 Å². The molecule has 0 amide bonds. The van der Waals surface area contributed by atoms with Crippen molar-refractivity contribution in [2.45, 2.75) is 13.3 Å². The minimum Gasteiger partial charge on any atom is -0.457 e. The fourth-order valence-electron chi connectivity index (χ4n) is 1.57. The summed E-state index contributed by atoms with van der Waals surface area (Å²) in [5.74, 6) is -0.601. The van der Waals surface area contributed by atoms with Gasteiger partial charge in [-0.05, 0) is 19.1 Å². The zero-order valence-electron chi connectivity index (χ0n) is 10.6. The number of Topliss-reactive ketones (excluding diaryl/α,β-unsaturated/α-hetero) is 1. The number of rotatable bonds is 5. The number of benzene rings is 1. The normalized spacial score (nSPS) is 10.2. The van der Waals surface area contributed by atoms with E-state index in [1.54, 1.807) is 17.1 Å². The van der Waals surface area contributed by atoms with Crippen LogP contribution in [0.15, 0.2) is 42.7 Å². The summed E-state index contributed by atoms with van der Waals surface area (Å²) in [5, 5.41) is 4.18. The average Bonchev–Trinajstić information content (AvgIpc) is 2.86. The Morgan fingerprint density at radius 1 is 1.26 bits per heavy atom. The van der Waals surface area contributed by atoms with Crippen LogP contribution in [0.4, 0.5) is 0 Å². The second-order valence-corrected chi connectivity index (χ2v) is 4.17. The maximum atomic E-state index is 11.5. The predicted molar refractivity (Wildman–Crippen MR) is 68.9 cm³/mol. The van der Waals surface area contributed by atoms with Crippen molar-refractivity contribution in [3.05, 3.63) is 48.3 Å². The van der Waals surface area contributed by atoms with Gasteiger partial charge in [-0.25, -0.2) is 4.68 Å². The number of esters is 1. The van der Waals surface area contributed by atoms with E-state index in [0.29, 0.717) is 0 Å². The Labute approximate surface area is 110 Å². The van der Waals surface area contributed by atoms with Gasteiger partial charge in [0.15, 0.2) is 5.78 Å². The number of para-hydroxylation sites is 1. The largest absolute Gasteiger partial charge is 0.457 e. The summed E-state index contributed by atoms with van der Waals surface area (Å²) < 4.78 is 6.48. The molecule has 19 heavy (non-hydrogen) atoms. The molecule has 0 aliphatic carbocycles. The Morgan fingerprint density at radius 3 is 2.68 bits per heavy atom. The number of nitrogens with zero attached hydrogens (tertiary/aromatic N) is 2. The number of carbonyl (C=O) groups excluding carboxylic acids is 2. The second kappa shape index (κ2) is 5.95. The molecule has 2 rings (SSSR count). The minimum absolute atomic E-state index is 0.111. The molecule has 0 spiro atoms. The van der Waals surface area contributed by atoms with Crippen molar-refractivity contribution >= 4 is 11.8 Å². The zero-order valence-corrected chi connectivity index (χ0v) is 10.6. The molecule has 0 fully saturated rings. The van der Waals surface area contributed by atoms with Crippen molar-refractivity contribution < 1.29 is 14.3 Å². The molecule has 0 atom stereocenters. The van der Waals surface area contributed by atoms with E-state index in [1.165, 1.54) is 6.92 Å². The van der Waals surface area contributed by atoms with Crippen molar-refractivity contribution in [3.8, 4) is 5.69 Å². The summed E-state index contributed by atoms with van der Waals surface area (Å²) in [6, 6.07) is 9.60. The molecule has 0 aliphatic rings. The highest BCUT2D eigenvalue weighted by Crippen LogP contribution is 2.08. The standard InChI is InChI=1S/C14H14N2O3/c1-11(17)10-19-14(18)7-12-8-15-16(9-12)13-5-3-2-4-6-13/h2-6,8-9H,7,10H2,1H3. The van der Waals surface area contributed by atoms with Crippen molar-refractivity contribution in [1.82, 2.24) is 9.78 Å². The van der Waals surface area contributed by atoms with Crippen LogP contribution in [-0.4, -0.2) is 28.1 Å². The quantitative estimate of drug-likeness (QED) is 0.763. The first-order valence-corrected chi connectivity index (χ1v) is 5.89. The van der Waals surface area contributed by atoms with Gasteiger partial charge in [0.1, 0.15) is 6.61 Å². The van der Waals surface area contributed by atoms with Crippen LogP contribution in [0.1, 0.15) is 12.5 Å². The summed E-state index contributed by atoms with van der Waals surface area (Å²) in [4.78, 5) is 22.1. The lowest BCUT2D eigenvalue weighted by atomic mass is 10.2. The van der Waals surface area contributed by atoms with E-state index in [1.807, 2.05) is 30.3 Å². The van der Waals surface area contributed by atoms with Crippen molar-refractivity contribution in [1.29, 1.82) is 0 Å². The van der Waals surface area contributed by atoms with Gasteiger partial charge >= 0.3 is 5.97 Å². The third-order valence-corrected chi connectivity index (χ3v) is 2.44. The van der Waals surface area contributed by atoms with Gasteiger partial charge in [0, 0.05) is 11.8 Å². The van der Waals surface area contributed by atoms with Crippen molar-refractivity contribution in [2.75, 3.05) is 6.61 Å². The Balaban J connectivity index is 1.98. The first kappa shape index (κ1) is 13.0. The summed E-state index contributed by atoms with van der Waals surface area (Å²) in [5.41, 5.74) is 1.67. The molecule has 0 radical (unpaired) electrons. The van der Waals surface area contributed by atoms with Crippen LogP contribution >= 0.6 is 0 Å². The summed E-state index contributed by atoms with van der Waals surface area (Å²) in [7, 11) is 0. The molecule has 0 saturated carbocycles. The SMILES string of the molecule is CC(=O)COC(=O)Cc1cnn(-c2ccccc2)c1. The smallest absolute Gasteiger partial charge is 0.310 e. The van der Waals surface area contributed by atoms with E-state index in [2.05, 4.69) is 5.10 Å². The van der Waals surface area contributed by atoms with Crippen LogP contribution in [0.25, 0.3) is 5.69 Å². The Bertz CT molecular complexity index is 575. The molecular weight excluding hydrogens is 244 g/mol. The zero-order chi connectivity index (χ0) is 13.7. The van der Waals surface area contributed by atoms with Crippen LogP contribution < -0.4 is 0 Å². The van der Waals surface area contributed by atoms with Gasteiger partial charge in [0.05, 0.1) is 18.3 Å². The van der Waals surface area contributed by atoms with E-state index in [-0.39, 0.29) is 18.8 Å². The highest BCUT2D eigenvalue weighted by Gasteiger charge is 2.08. The summed E-state index contributed by atoms with van der Waals surface area (Å²) >= 11 is 0. The third-order valence-electron chi connectivity index (χ3n) is 2.44. The van der Waals surface area contributed by atoms with Gasteiger partial charge in [-0.1, -0.05) is 18.2 Å². The second-order valence-electron chi connectivity index (χ2n) is 4.17. The molecule has 0 unspecified atom stereocenters. The summed E-state index contributed by atoms with van der Waals surface area (Å²) in [6.07, 6.45) is 3.49. The minimum atomic E-state index is -0.428. The number of ketones is 1. The highest BCUT2D eigenvalue weighted by molar-refractivity contribution is 5.80. The molecule has 1 aromatic carbocycles. The molecule has 0 aliphatic heterocycles. The maximum absolute atomic E-state index is 11.5. The molecule has 0 N–H and O–H groups in total. The average molecular weight is 258 g/mol. The van der Waals surface area contributed by atoms with Crippen molar-refractivity contribution in [3.63, 3.8) is 0 Å². The Kier molecular flexibility index (Phi) is 4.07. The number of hydrogen-bond donors (Lipinski definition) is 0. The lowest BCUT2D eigenvalue weighted by molar-refractivity contribution is -0.146. The van der Waals surface area contributed by atoms with Gasteiger partial charge in [0.25, 0.3) is 0 Å². The topological polar surface area (TPSA) is 61.2 Å². The van der Waals surface area contributed by atoms with E-state index >= 15 is 0 Å². The first-order chi connectivity index (χ1) is 9.15. The van der Waals surface area contributed by atoms with Crippen molar-refractivity contribution in [2.24, 2.45) is 0 Å². The van der Waals surface area contributed by atoms with E-state index in [4.69, 9.17) is 4.74 Å². The molecule has 98 valence electrons. The summed E-state index contributed by atoms with van der Waals surface area (Å²) in [6.45, 7) is 1.20. The Morgan fingerprint density at radius 2 is 2.00 bits per heavy atom. The fraction of sp³-hybridized carbons (Fsp3) is 0.214. The maximum Gasteiger partial charge on any atom is 0.310 e. The predicted octanol–water partition coefficient (Wildman–Crippen LogP) is 1.55. The molecule has 0 bridgehead atoms. The Hall–Kier alpha value is -2.43. The molecular formula is C14H14N2O3. The molecule has 1 aromatic heterocycles. The van der Waals surface area contributed by atoms with Crippen LogP contribution in [0.5, 0.6) is 0 Å². The van der Waals surface area contributed by atoms with Gasteiger partial charge in [0.2, 0.25) is 0 Å². The van der Waals surface area contributed by atoms with E-state index in [0.717, 1.165) is 11.3 Å². The number of hydrogen-bond acceptors (Lipinski definition) is 4. The molecule has 1 heterocycles. The van der Waals surface area contributed by atoms with Crippen LogP contribution in [-0.2, 0) is 20.7 Å². The number of aromatic nitrogens is 2. The molecule has 5 nitrogen and oxygen atoms in total. The van der Waals surface area contributed by atoms with Gasteiger partial charge < -0.3 is 4.74 Å². The highest BCUT2D eigenvalue weighted by atomic mass is 16.5. The van der Waals surface area contributed by atoms with E-state index < -0.39 is 5.97 Å². The van der Waals surface area contributed by atoms with Crippen LogP contribution in [0.3, 0.4) is 0 Å². The van der Waals surface area contributed by atoms with Crippen LogP contribution in [0, 0.1) is 0 Å². The van der Waals surface area contributed by atoms with Gasteiger partial charge in [-0.3, -0.25) is 9.59 Å². The number of ether oxygens (including phenoxy) is 1. The lowest BCUT2D eigenvalue weighted by Gasteiger charge is -2.00. The van der Waals surface area contributed by atoms with Gasteiger partial charge in [-0.15, -0.1) is 0 Å².